The van der Waals surface area contributed by atoms with Crippen molar-refractivity contribution in [3.63, 3.8) is 0 Å². The van der Waals surface area contributed by atoms with E-state index in [4.69, 9.17) is 0 Å². The molecule has 0 saturated heterocycles. The van der Waals surface area contributed by atoms with Crippen LogP contribution in [0.3, 0.4) is 0 Å². The van der Waals surface area contributed by atoms with Gasteiger partial charge in [-0.2, -0.15) is 13.1 Å². The smallest absolute Gasteiger partial charge is 0.270 e. The molecule has 2 N–H and O–H groups in total. The molecule has 0 aliphatic rings. The van der Waals surface area contributed by atoms with E-state index in [1.54, 1.807) is 6.92 Å². The first-order chi connectivity index (χ1) is 6.94. The monoisotopic (exact) mass is 296 g/mol. The van der Waals surface area contributed by atoms with Crippen molar-refractivity contribution < 1.29 is 12.8 Å². The lowest BCUT2D eigenvalue weighted by Gasteiger charge is -2.09. The molecule has 0 fully saturated rings. The Kier molecular flexibility index (Phi) is 4.06. The Bertz CT molecular complexity index is 450. The molecule has 0 amide bonds. The second kappa shape index (κ2) is 4.91. The molecule has 0 spiro atoms. The summed E-state index contributed by atoms with van der Waals surface area (Å²) in [5, 5.41) is 0. The van der Waals surface area contributed by atoms with Crippen LogP contribution >= 0.6 is 15.9 Å². The molecule has 0 aliphatic carbocycles. The zero-order chi connectivity index (χ0) is 11.5. The van der Waals surface area contributed by atoms with E-state index in [0.29, 0.717) is 4.47 Å². The number of rotatable bonds is 4. The van der Waals surface area contributed by atoms with Gasteiger partial charge in [0.05, 0.1) is 5.69 Å². The number of hydrogen-bond acceptors (Lipinski definition) is 2. The van der Waals surface area contributed by atoms with Crippen LogP contribution in [0.5, 0.6) is 0 Å². The standard InChI is InChI=1S/C8H10BrFN2O2S/c1-2-11-15(13,14)12-8-4-3-6(10)5-7(8)9/h3-5,11-12H,2H2,1H3. The fraction of sp³-hybridized carbons (Fsp3) is 0.250. The van der Waals surface area contributed by atoms with Crippen LogP contribution in [0.2, 0.25) is 0 Å². The van der Waals surface area contributed by atoms with Gasteiger partial charge in [-0.25, -0.2) is 4.39 Å². The van der Waals surface area contributed by atoms with Gasteiger partial charge < -0.3 is 0 Å². The molecule has 0 aliphatic heterocycles. The maximum atomic E-state index is 12.7. The minimum absolute atomic E-state index is 0.286. The zero-order valence-corrected chi connectivity index (χ0v) is 10.3. The van der Waals surface area contributed by atoms with Crippen LogP contribution < -0.4 is 9.44 Å². The Morgan fingerprint density at radius 2 is 2.13 bits per heavy atom. The van der Waals surface area contributed by atoms with Crippen LogP contribution in [0.15, 0.2) is 22.7 Å². The Balaban J connectivity index is 2.90. The number of hydrogen-bond donors (Lipinski definition) is 2. The molecule has 84 valence electrons. The van der Waals surface area contributed by atoms with E-state index in [9.17, 15) is 12.8 Å². The summed E-state index contributed by atoms with van der Waals surface area (Å²) in [4.78, 5) is 0. The van der Waals surface area contributed by atoms with Gasteiger partial charge >= 0.3 is 0 Å². The Labute approximate surface area is 96.2 Å². The highest BCUT2D eigenvalue weighted by Gasteiger charge is 2.10. The molecule has 0 aromatic heterocycles. The summed E-state index contributed by atoms with van der Waals surface area (Å²) in [5.41, 5.74) is 0.289. The fourth-order valence-electron chi connectivity index (χ4n) is 0.943. The molecular weight excluding hydrogens is 287 g/mol. The molecule has 1 aromatic carbocycles. The maximum Gasteiger partial charge on any atom is 0.299 e. The van der Waals surface area contributed by atoms with Gasteiger partial charge in [-0.15, -0.1) is 0 Å². The van der Waals surface area contributed by atoms with Crippen molar-refractivity contribution in [2.45, 2.75) is 6.92 Å². The van der Waals surface area contributed by atoms with Crippen LogP contribution in [-0.2, 0) is 10.2 Å². The van der Waals surface area contributed by atoms with Crippen molar-refractivity contribution in [2.75, 3.05) is 11.3 Å². The predicted molar refractivity (Wildman–Crippen MR) is 60.3 cm³/mol. The predicted octanol–water partition coefficient (Wildman–Crippen LogP) is 1.85. The van der Waals surface area contributed by atoms with Gasteiger partial charge in [-0.1, -0.05) is 6.92 Å². The molecule has 0 atom stereocenters. The second-order valence-electron chi connectivity index (χ2n) is 2.73. The SMILES string of the molecule is CCNS(=O)(=O)Nc1ccc(F)cc1Br. The molecule has 0 heterocycles. The Hall–Kier alpha value is -0.660. The van der Waals surface area contributed by atoms with E-state index < -0.39 is 16.0 Å². The van der Waals surface area contributed by atoms with Crippen LogP contribution in [-0.4, -0.2) is 15.0 Å². The van der Waals surface area contributed by atoms with Crippen molar-refractivity contribution >= 4 is 31.8 Å². The van der Waals surface area contributed by atoms with Crippen molar-refractivity contribution in [2.24, 2.45) is 0 Å². The maximum absolute atomic E-state index is 12.7. The first-order valence-electron chi connectivity index (χ1n) is 4.17. The van der Waals surface area contributed by atoms with Gasteiger partial charge in [0.2, 0.25) is 0 Å². The first-order valence-corrected chi connectivity index (χ1v) is 6.44. The number of nitrogens with one attached hydrogen (secondary N) is 2. The quantitative estimate of drug-likeness (QED) is 0.891. The summed E-state index contributed by atoms with van der Waals surface area (Å²) in [7, 11) is -3.57. The number of halogens is 2. The first kappa shape index (κ1) is 12.4. The molecule has 1 aromatic rings. The molecule has 0 radical (unpaired) electrons. The molecule has 0 unspecified atom stereocenters. The molecule has 1 rings (SSSR count). The molecular formula is C8H10BrFN2O2S. The highest BCUT2D eigenvalue weighted by Crippen LogP contribution is 2.23. The molecule has 4 nitrogen and oxygen atoms in total. The highest BCUT2D eigenvalue weighted by atomic mass is 79.9. The van der Waals surface area contributed by atoms with Gasteiger partial charge in [0.1, 0.15) is 5.82 Å². The molecule has 0 bridgehead atoms. The summed E-state index contributed by atoms with van der Waals surface area (Å²) in [6, 6.07) is 3.70. The topological polar surface area (TPSA) is 58.2 Å². The largest absolute Gasteiger partial charge is 0.299 e. The van der Waals surface area contributed by atoms with E-state index in [2.05, 4.69) is 25.4 Å². The fourth-order valence-corrected chi connectivity index (χ4v) is 2.44. The van der Waals surface area contributed by atoms with Crippen LogP contribution in [0.1, 0.15) is 6.92 Å². The van der Waals surface area contributed by atoms with E-state index in [1.807, 2.05) is 0 Å². The minimum Gasteiger partial charge on any atom is -0.270 e. The van der Waals surface area contributed by atoms with Crippen molar-refractivity contribution in [1.29, 1.82) is 0 Å². The number of benzene rings is 1. The van der Waals surface area contributed by atoms with Gasteiger partial charge in [0.15, 0.2) is 0 Å². The van der Waals surface area contributed by atoms with E-state index in [-0.39, 0.29) is 12.2 Å². The zero-order valence-electron chi connectivity index (χ0n) is 7.92. The van der Waals surface area contributed by atoms with Crippen molar-refractivity contribution in [3.8, 4) is 0 Å². The molecule has 7 heteroatoms. The van der Waals surface area contributed by atoms with Crippen molar-refractivity contribution in [1.82, 2.24) is 4.72 Å². The Morgan fingerprint density at radius 1 is 1.47 bits per heavy atom. The average Bonchev–Trinajstić information content (AvgIpc) is 2.09. The normalized spacial score (nSPS) is 11.4. The molecule has 0 saturated carbocycles. The molecule has 15 heavy (non-hydrogen) atoms. The lowest BCUT2D eigenvalue weighted by molar-refractivity contribution is 0.589. The average molecular weight is 297 g/mol. The third-order valence-corrected chi connectivity index (χ3v) is 3.32. The lowest BCUT2D eigenvalue weighted by Crippen LogP contribution is -2.29. The number of anilines is 1. The van der Waals surface area contributed by atoms with E-state index >= 15 is 0 Å². The van der Waals surface area contributed by atoms with Crippen LogP contribution in [0.4, 0.5) is 10.1 Å². The minimum atomic E-state index is -3.57. The second-order valence-corrected chi connectivity index (χ2v) is 5.08. The highest BCUT2D eigenvalue weighted by molar-refractivity contribution is 9.10. The summed E-state index contributed by atoms with van der Waals surface area (Å²) in [6.45, 7) is 1.95. The van der Waals surface area contributed by atoms with Crippen LogP contribution in [0, 0.1) is 5.82 Å². The van der Waals surface area contributed by atoms with Gasteiger partial charge in [-0.05, 0) is 34.1 Å². The third kappa shape index (κ3) is 3.77. The summed E-state index contributed by atoms with van der Waals surface area (Å²) >= 11 is 3.06. The van der Waals surface area contributed by atoms with Crippen molar-refractivity contribution in [3.05, 3.63) is 28.5 Å². The summed E-state index contributed by atoms with van der Waals surface area (Å²) in [6.07, 6.45) is 0. The van der Waals surface area contributed by atoms with Gasteiger partial charge in [-0.3, -0.25) is 4.72 Å². The van der Waals surface area contributed by atoms with E-state index in [1.165, 1.54) is 18.2 Å². The van der Waals surface area contributed by atoms with Crippen LogP contribution in [0.25, 0.3) is 0 Å². The Morgan fingerprint density at radius 3 is 2.67 bits per heavy atom. The summed E-state index contributed by atoms with van der Waals surface area (Å²) < 4.78 is 40.2. The van der Waals surface area contributed by atoms with Gasteiger partial charge in [0.25, 0.3) is 10.2 Å². The van der Waals surface area contributed by atoms with E-state index in [0.717, 1.165) is 0 Å². The summed E-state index contributed by atoms with van der Waals surface area (Å²) in [5.74, 6) is -0.437. The third-order valence-electron chi connectivity index (χ3n) is 1.51. The lowest BCUT2D eigenvalue weighted by atomic mass is 10.3. The van der Waals surface area contributed by atoms with Gasteiger partial charge in [0, 0.05) is 11.0 Å².